The Balaban J connectivity index is 2.67. The lowest BCUT2D eigenvalue weighted by molar-refractivity contribution is -0.109. The number of nitrogens with one attached hydrogen (secondary N) is 1. The predicted octanol–water partition coefficient (Wildman–Crippen LogP) is -0.0896. The molecule has 0 aliphatic heterocycles. The van der Waals surface area contributed by atoms with Gasteiger partial charge in [-0.3, -0.25) is 4.79 Å². The van der Waals surface area contributed by atoms with E-state index in [1.54, 1.807) is 0 Å². The molecular formula is C8H13N3O2S. The van der Waals surface area contributed by atoms with Gasteiger partial charge in [0, 0.05) is 19.4 Å². The van der Waals surface area contributed by atoms with Gasteiger partial charge in [-0.2, -0.15) is 0 Å². The number of aromatic amines is 1. The summed E-state index contributed by atoms with van der Waals surface area (Å²) >= 11 is 1.07. The maximum Gasteiger partial charge on any atom is 0.192 e. The van der Waals surface area contributed by atoms with Gasteiger partial charge in [-0.1, -0.05) is 0 Å². The number of aliphatic hydroxyl groups excluding tert-OH is 1. The molecule has 6 heteroatoms. The van der Waals surface area contributed by atoms with E-state index in [4.69, 9.17) is 10.8 Å². The van der Waals surface area contributed by atoms with Crippen molar-refractivity contribution in [3.05, 3.63) is 12.0 Å². The molecule has 0 aromatic carbocycles. The molecule has 0 bridgehead atoms. The van der Waals surface area contributed by atoms with Crippen LogP contribution in [-0.2, 0) is 11.2 Å². The number of hydrogen-bond donors (Lipinski definition) is 3. The molecule has 0 saturated carbocycles. The molecule has 1 aromatic rings. The van der Waals surface area contributed by atoms with Crippen molar-refractivity contribution in [1.29, 1.82) is 0 Å². The minimum atomic E-state index is -0.318. The fourth-order valence-electron chi connectivity index (χ4n) is 1.01. The van der Waals surface area contributed by atoms with E-state index in [1.807, 2.05) is 0 Å². The zero-order valence-corrected chi connectivity index (χ0v) is 8.67. The summed E-state index contributed by atoms with van der Waals surface area (Å²) in [5, 5.41) is 9.40. The van der Waals surface area contributed by atoms with Crippen molar-refractivity contribution in [2.45, 2.75) is 24.4 Å². The molecule has 0 saturated heterocycles. The van der Waals surface area contributed by atoms with Gasteiger partial charge in [-0.15, -0.1) is 0 Å². The molecular weight excluding hydrogens is 202 g/mol. The summed E-state index contributed by atoms with van der Waals surface area (Å²) in [6.45, 7) is 1.40. The van der Waals surface area contributed by atoms with Gasteiger partial charge in [0.1, 0.15) is 5.03 Å². The number of nitrogens with zero attached hydrogens (tertiary/aromatic N) is 1. The molecule has 0 aliphatic carbocycles. The van der Waals surface area contributed by atoms with Crippen molar-refractivity contribution in [3.8, 4) is 0 Å². The molecule has 0 fully saturated rings. The zero-order chi connectivity index (χ0) is 10.6. The average molecular weight is 215 g/mol. The topological polar surface area (TPSA) is 92.0 Å². The molecule has 1 unspecified atom stereocenters. The second kappa shape index (κ2) is 5.14. The number of carbonyl (C=O) groups excluding carboxylic acids is 1. The van der Waals surface area contributed by atoms with Gasteiger partial charge in [0.2, 0.25) is 0 Å². The molecule has 78 valence electrons. The summed E-state index contributed by atoms with van der Waals surface area (Å²) in [6, 6.07) is -0.318. The molecule has 14 heavy (non-hydrogen) atoms. The Morgan fingerprint density at radius 1 is 1.86 bits per heavy atom. The quantitative estimate of drug-likeness (QED) is 0.610. The maximum absolute atomic E-state index is 10.8. The Labute approximate surface area is 86.1 Å². The SMILES string of the molecule is CC(=O)Sc1nc[nH]c1CC(N)CO. The predicted molar refractivity (Wildman–Crippen MR) is 53.9 cm³/mol. The van der Waals surface area contributed by atoms with Gasteiger partial charge in [-0.05, 0) is 11.8 Å². The number of hydrogen-bond acceptors (Lipinski definition) is 5. The molecule has 1 rings (SSSR count). The van der Waals surface area contributed by atoms with Crippen LogP contribution in [0.4, 0.5) is 0 Å². The normalized spacial score (nSPS) is 12.8. The molecule has 1 atom stereocenters. The van der Waals surface area contributed by atoms with Crippen LogP contribution >= 0.6 is 11.8 Å². The van der Waals surface area contributed by atoms with Gasteiger partial charge >= 0.3 is 0 Å². The van der Waals surface area contributed by atoms with Crippen LogP contribution < -0.4 is 5.73 Å². The molecule has 0 aliphatic rings. The fraction of sp³-hybridized carbons (Fsp3) is 0.500. The van der Waals surface area contributed by atoms with Crippen molar-refractivity contribution in [1.82, 2.24) is 9.97 Å². The highest BCUT2D eigenvalue weighted by molar-refractivity contribution is 8.13. The van der Waals surface area contributed by atoms with Crippen LogP contribution in [0.15, 0.2) is 11.4 Å². The third-order valence-electron chi connectivity index (χ3n) is 1.62. The van der Waals surface area contributed by atoms with E-state index in [0.717, 1.165) is 17.5 Å². The van der Waals surface area contributed by atoms with Gasteiger partial charge in [0.15, 0.2) is 5.12 Å². The first kappa shape index (κ1) is 11.2. The van der Waals surface area contributed by atoms with Crippen LogP contribution in [0.2, 0.25) is 0 Å². The second-order valence-electron chi connectivity index (χ2n) is 2.93. The Morgan fingerprint density at radius 2 is 2.57 bits per heavy atom. The molecule has 0 amide bonds. The number of nitrogens with two attached hydrogens (primary N) is 1. The van der Waals surface area contributed by atoms with Crippen molar-refractivity contribution in [3.63, 3.8) is 0 Å². The third-order valence-corrected chi connectivity index (χ3v) is 2.45. The van der Waals surface area contributed by atoms with Crippen molar-refractivity contribution >= 4 is 16.9 Å². The summed E-state index contributed by atoms with van der Waals surface area (Å²) in [5.41, 5.74) is 6.37. The van der Waals surface area contributed by atoms with Crippen LogP contribution in [0.25, 0.3) is 0 Å². The van der Waals surface area contributed by atoms with Crippen molar-refractivity contribution < 1.29 is 9.90 Å². The van der Waals surface area contributed by atoms with Crippen molar-refractivity contribution in [2.24, 2.45) is 5.73 Å². The number of H-pyrrole nitrogens is 1. The van der Waals surface area contributed by atoms with Gasteiger partial charge in [0.25, 0.3) is 0 Å². The Kier molecular flexibility index (Phi) is 4.12. The summed E-state index contributed by atoms with van der Waals surface area (Å²) in [7, 11) is 0. The Morgan fingerprint density at radius 3 is 3.14 bits per heavy atom. The molecule has 5 nitrogen and oxygen atoms in total. The highest BCUT2D eigenvalue weighted by Crippen LogP contribution is 2.20. The number of thioether (sulfide) groups is 1. The molecule has 4 N–H and O–H groups in total. The summed E-state index contributed by atoms with van der Waals surface area (Å²) in [5.74, 6) is 0. The van der Waals surface area contributed by atoms with Crippen LogP contribution in [0.3, 0.4) is 0 Å². The minimum absolute atomic E-state index is 0.0177. The van der Waals surface area contributed by atoms with E-state index in [1.165, 1.54) is 13.3 Å². The van der Waals surface area contributed by atoms with E-state index < -0.39 is 0 Å². The standard InChI is InChI=1S/C8H13N3O2S/c1-5(13)14-8-7(10-4-11-8)2-6(9)3-12/h4,6,12H,2-3,9H2,1H3,(H,10,11). The minimum Gasteiger partial charge on any atom is -0.395 e. The molecule has 1 aromatic heterocycles. The average Bonchev–Trinajstić information content (AvgIpc) is 2.52. The van der Waals surface area contributed by atoms with E-state index in [-0.39, 0.29) is 17.8 Å². The van der Waals surface area contributed by atoms with E-state index in [9.17, 15) is 4.79 Å². The monoisotopic (exact) mass is 215 g/mol. The molecule has 0 radical (unpaired) electrons. The number of rotatable bonds is 4. The Hall–Kier alpha value is -0.850. The zero-order valence-electron chi connectivity index (χ0n) is 7.86. The summed E-state index contributed by atoms with van der Waals surface area (Å²) in [4.78, 5) is 17.7. The van der Waals surface area contributed by atoms with E-state index >= 15 is 0 Å². The Bertz CT molecular complexity index is 313. The number of aromatic nitrogens is 2. The number of imidazole rings is 1. The molecule has 0 spiro atoms. The maximum atomic E-state index is 10.8. The third kappa shape index (κ3) is 3.13. The van der Waals surface area contributed by atoms with Crippen molar-refractivity contribution in [2.75, 3.05) is 6.61 Å². The molecule has 1 heterocycles. The lowest BCUT2D eigenvalue weighted by Gasteiger charge is -2.06. The summed E-state index contributed by atoms with van der Waals surface area (Å²) in [6.07, 6.45) is 2.01. The second-order valence-corrected chi connectivity index (χ2v) is 4.09. The number of aliphatic hydroxyl groups is 1. The van der Waals surface area contributed by atoms with Crippen LogP contribution in [-0.4, -0.2) is 32.8 Å². The van der Waals surface area contributed by atoms with Crippen LogP contribution in [0.1, 0.15) is 12.6 Å². The van der Waals surface area contributed by atoms with Gasteiger partial charge in [0.05, 0.1) is 18.6 Å². The lowest BCUT2D eigenvalue weighted by atomic mass is 10.2. The smallest absolute Gasteiger partial charge is 0.192 e. The van der Waals surface area contributed by atoms with Crippen LogP contribution in [0.5, 0.6) is 0 Å². The first-order valence-electron chi connectivity index (χ1n) is 4.20. The van der Waals surface area contributed by atoms with Gasteiger partial charge < -0.3 is 15.8 Å². The largest absolute Gasteiger partial charge is 0.395 e. The van der Waals surface area contributed by atoms with E-state index in [2.05, 4.69) is 9.97 Å². The fourth-order valence-corrected chi connectivity index (χ4v) is 1.65. The first-order valence-corrected chi connectivity index (χ1v) is 5.02. The number of carbonyl (C=O) groups is 1. The lowest BCUT2D eigenvalue weighted by Crippen LogP contribution is -2.27. The first-order chi connectivity index (χ1) is 6.63. The highest BCUT2D eigenvalue weighted by Gasteiger charge is 2.11. The summed E-state index contributed by atoms with van der Waals surface area (Å²) < 4.78 is 0. The van der Waals surface area contributed by atoms with Gasteiger partial charge in [-0.25, -0.2) is 4.98 Å². The highest BCUT2D eigenvalue weighted by atomic mass is 32.2. The van der Waals surface area contributed by atoms with Crippen LogP contribution in [0, 0.1) is 0 Å². The van der Waals surface area contributed by atoms with E-state index in [0.29, 0.717) is 11.4 Å².